The van der Waals surface area contributed by atoms with Crippen LogP contribution in [0.25, 0.3) is 33.3 Å². The number of nitrogens with one attached hydrogen (secondary N) is 2. The quantitative estimate of drug-likeness (QED) is 0.174. The number of aromatic nitrogens is 2. The predicted octanol–water partition coefficient (Wildman–Crippen LogP) is 6.82. The lowest BCUT2D eigenvalue weighted by atomic mass is 9.91. The fourth-order valence-electron chi connectivity index (χ4n) is 5.00. The number of fused-ring (bicyclic) bond motifs is 1. The summed E-state index contributed by atoms with van der Waals surface area (Å²) in [4.78, 5) is 45.1. The zero-order chi connectivity index (χ0) is 30.0. The fourth-order valence-corrected chi connectivity index (χ4v) is 5.58. The lowest BCUT2D eigenvalue weighted by Gasteiger charge is -2.20. The van der Waals surface area contributed by atoms with Crippen LogP contribution in [0, 0.1) is 6.92 Å². The highest BCUT2D eigenvalue weighted by atomic mass is 32.1. The highest BCUT2D eigenvalue weighted by Crippen LogP contribution is 2.37. The van der Waals surface area contributed by atoms with Gasteiger partial charge in [0.15, 0.2) is 10.8 Å². The number of nitrogens with two attached hydrogens (primary N) is 1. The van der Waals surface area contributed by atoms with Crippen LogP contribution < -0.4 is 11.1 Å². The molecule has 0 spiro atoms. The number of carbonyl (C=O) groups excluding carboxylic acids is 3. The molecule has 0 aliphatic carbocycles. The molecular weight excluding hydrogens is 548 g/mol. The van der Waals surface area contributed by atoms with Crippen LogP contribution >= 0.6 is 11.3 Å². The van der Waals surface area contributed by atoms with Crippen molar-refractivity contribution in [2.45, 2.75) is 46.3 Å². The van der Waals surface area contributed by atoms with Crippen LogP contribution in [0.2, 0.25) is 0 Å². The summed E-state index contributed by atoms with van der Waals surface area (Å²) in [5.41, 5.74) is 12.4. The number of H-pyrrole nitrogens is 1. The van der Waals surface area contributed by atoms with Crippen LogP contribution in [0.3, 0.4) is 0 Å². The Labute approximate surface area is 247 Å². The highest BCUT2D eigenvalue weighted by Gasteiger charge is 2.20. The van der Waals surface area contributed by atoms with Gasteiger partial charge in [-0.1, -0.05) is 48.5 Å². The smallest absolute Gasteiger partial charge is 0.407 e. The molecule has 0 saturated carbocycles. The lowest BCUT2D eigenvalue weighted by molar-refractivity contribution is 0.0523. The monoisotopic (exact) mass is 580 g/mol. The molecule has 0 bridgehead atoms. The highest BCUT2D eigenvalue weighted by molar-refractivity contribution is 7.11. The van der Waals surface area contributed by atoms with Crippen molar-refractivity contribution in [3.8, 4) is 22.4 Å². The second kappa shape index (κ2) is 11.6. The van der Waals surface area contributed by atoms with E-state index in [1.165, 1.54) is 11.3 Å². The SMILES string of the molecule is Cc1c(CC(=O)c2nccs2)cccc1-c1ccc(C(N)=O)c2[nH]c(-c3ccccc3CNC(=O)OC(C)(C)C)cc12. The maximum absolute atomic E-state index is 12.8. The minimum Gasteiger partial charge on any atom is -0.444 e. The molecule has 0 saturated heterocycles. The number of hydrogen-bond donors (Lipinski definition) is 3. The van der Waals surface area contributed by atoms with E-state index in [4.69, 9.17) is 10.5 Å². The van der Waals surface area contributed by atoms with E-state index in [0.717, 1.165) is 44.5 Å². The van der Waals surface area contributed by atoms with Crippen molar-refractivity contribution in [3.63, 3.8) is 0 Å². The first-order valence-electron chi connectivity index (χ1n) is 13.5. The van der Waals surface area contributed by atoms with Crippen LogP contribution in [-0.4, -0.2) is 33.4 Å². The number of aromatic amines is 1. The Balaban J connectivity index is 1.55. The largest absolute Gasteiger partial charge is 0.444 e. The molecule has 5 rings (SSSR count). The van der Waals surface area contributed by atoms with Crippen LogP contribution in [0.1, 0.15) is 57.6 Å². The molecule has 4 N–H and O–H groups in total. The molecule has 0 radical (unpaired) electrons. The lowest BCUT2D eigenvalue weighted by Crippen LogP contribution is -2.32. The third-order valence-electron chi connectivity index (χ3n) is 6.95. The molecule has 0 aliphatic rings. The molecule has 42 heavy (non-hydrogen) atoms. The first-order chi connectivity index (χ1) is 20.0. The Morgan fingerprint density at radius 1 is 0.976 bits per heavy atom. The Kier molecular flexibility index (Phi) is 7.95. The van der Waals surface area contributed by atoms with E-state index in [1.807, 2.05) is 82.3 Å². The number of alkyl carbamates (subject to hydrolysis) is 1. The van der Waals surface area contributed by atoms with E-state index in [9.17, 15) is 14.4 Å². The molecule has 9 heteroatoms. The van der Waals surface area contributed by atoms with Crippen LogP contribution in [0.15, 0.2) is 72.2 Å². The van der Waals surface area contributed by atoms with Gasteiger partial charge in [-0.2, -0.15) is 0 Å². The van der Waals surface area contributed by atoms with Crippen molar-refractivity contribution >= 4 is 40.0 Å². The van der Waals surface area contributed by atoms with E-state index in [-0.39, 0.29) is 18.7 Å². The number of carbonyl (C=O) groups is 3. The van der Waals surface area contributed by atoms with Crippen molar-refractivity contribution in [1.82, 2.24) is 15.3 Å². The summed E-state index contributed by atoms with van der Waals surface area (Å²) in [6.07, 6.45) is 1.37. The molecule has 2 amide bonds. The predicted molar refractivity (Wildman–Crippen MR) is 166 cm³/mol. The van der Waals surface area contributed by atoms with Gasteiger partial charge in [0.2, 0.25) is 0 Å². The molecule has 0 aliphatic heterocycles. The summed E-state index contributed by atoms with van der Waals surface area (Å²) < 4.78 is 5.39. The van der Waals surface area contributed by atoms with Gasteiger partial charge in [-0.15, -0.1) is 11.3 Å². The third kappa shape index (κ3) is 6.11. The number of primary amides is 1. The molecule has 3 aromatic carbocycles. The Morgan fingerprint density at radius 2 is 1.71 bits per heavy atom. The van der Waals surface area contributed by atoms with Gasteiger partial charge in [-0.05, 0) is 67.6 Å². The fraction of sp³-hybridized carbons (Fsp3) is 0.212. The first-order valence-corrected chi connectivity index (χ1v) is 14.4. The molecule has 5 aromatic rings. The van der Waals surface area contributed by atoms with Crippen LogP contribution in [-0.2, 0) is 17.7 Å². The minimum absolute atomic E-state index is 0.0278. The van der Waals surface area contributed by atoms with E-state index in [0.29, 0.717) is 16.1 Å². The summed E-state index contributed by atoms with van der Waals surface area (Å²) in [5, 5.41) is 5.93. The zero-order valence-electron chi connectivity index (χ0n) is 23.9. The average Bonchev–Trinajstić information content (AvgIpc) is 3.63. The van der Waals surface area contributed by atoms with E-state index in [1.54, 1.807) is 17.6 Å². The van der Waals surface area contributed by atoms with Gasteiger partial charge >= 0.3 is 6.09 Å². The number of hydrogen-bond acceptors (Lipinski definition) is 6. The standard InChI is InChI=1S/C33H32N4O4S/c1-19-20(16-28(38)31-35-14-15-42-31)9-7-11-22(19)24-12-13-25(30(34)39)29-26(24)17-27(37-29)23-10-6-5-8-21(23)18-36-32(40)41-33(2,3)4/h5-15,17,37H,16,18H2,1-4H3,(H2,34,39)(H,36,40). The van der Waals surface area contributed by atoms with E-state index < -0.39 is 17.6 Å². The molecule has 214 valence electrons. The summed E-state index contributed by atoms with van der Waals surface area (Å²) in [5.74, 6) is -0.570. The van der Waals surface area contributed by atoms with Gasteiger partial charge in [0, 0.05) is 41.2 Å². The van der Waals surface area contributed by atoms with Crippen molar-refractivity contribution in [2.75, 3.05) is 0 Å². The Bertz CT molecular complexity index is 1800. The number of Topliss-reactive ketones (excluding diaryl/α,β-unsaturated/α-hetero) is 1. The molecule has 0 atom stereocenters. The van der Waals surface area contributed by atoms with Gasteiger partial charge in [0.25, 0.3) is 5.91 Å². The maximum atomic E-state index is 12.8. The van der Waals surface area contributed by atoms with Gasteiger partial charge in [0.1, 0.15) is 5.60 Å². The summed E-state index contributed by atoms with van der Waals surface area (Å²) >= 11 is 1.33. The van der Waals surface area contributed by atoms with Crippen molar-refractivity contribution in [2.24, 2.45) is 5.73 Å². The van der Waals surface area contributed by atoms with E-state index in [2.05, 4.69) is 15.3 Å². The van der Waals surface area contributed by atoms with Gasteiger partial charge in [-0.25, -0.2) is 9.78 Å². The maximum Gasteiger partial charge on any atom is 0.407 e. The molecule has 8 nitrogen and oxygen atoms in total. The number of amides is 2. The van der Waals surface area contributed by atoms with Gasteiger partial charge < -0.3 is 20.8 Å². The topological polar surface area (TPSA) is 127 Å². The van der Waals surface area contributed by atoms with Crippen molar-refractivity contribution in [1.29, 1.82) is 0 Å². The normalized spacial score (nSPS) is 11.4. The number of benzene rings is 3. The van der Waals surface area contributed by atoms with E-state index >= 15 is 0 Å². The van der Waals surface area contributed by atoms with Crippen molar-refractivity contribution in [3.05, 3.63) is 99.5 Å². The second-order valence-corrected chi connectivity index (χ2v) is 11.9. The summed E-state index contributed by atoms with van der Waals surface area (Å²) in [6.45, 7) is 7.70. The summed E-state index contributed by atoms with van der Waals surface area (Å²) in [6, 6.07) is 19.2. The minimum atomic E-state index is -0.605. The van der Waals surface area contributed by atoms with Crippen LogP contribution in [0.4, 0.5) is 4.79 Å². The van der Waals surface area contributed by atoms with Gasteiger partial charge in [-0.3, -0.25) is 9.59 Å². The molecule has 2 aromatic heterocycles. The number of ketones is 1. The number of nitrogens with zero attached hydrogens (tertiary/aromatic N) is 1. The molecule has 0 unspecified atom stereocenters. The van der Waals surface area contributed by atoms with Crippen molar-refractivity contribution < 1.29 is 19.1 Å². The third-order valence-corrected chi connectivity index (χ3v) is 7.76. The molecular formula is C33H32N4O4S. The Hall–Kier alpha value is -4.76. The zero-order valence-corrected chi connectivity index (χ0v) is 24.7. The molecule has 0 fully saturated rings. The Morgan fingerprint density at radius 3 is 2.43 bits per heavy atom. The number of thiazole rings is 1. The average molecular weight is 581 g/mol. The van der Waals surface area contributed by atoms with Crippen LogP contribution in [0.5, 0.6) is 0 Å². The summed E-state index contributed by atoms with van der Waals surface area (Å²) in [7, 11) is 0. The second-order valence-electron chi connectivity index (χ2n) is 11.0. The number of rotatable bonds is 8. The number of ether oxygens (including phenoxy) is 1. The first kappa shape index (κ1) is 28.8. The van der Waals surface area contributed by atoms with Gasteiger partial charge in [0.05, 0.1) is 11.1 Å². The molecule has 2 heterocycles.